The highest BCUT2D eigenvalue weighted by Gasteiger charge is 2.14. The minimum absolute atomic E-state index is 0.0481. The van der Waals surface area contributed by atoms with E-state index in [0.717, 1.165) is 6.42 Å². The third kappa shape index (κ3) is 4.33. The predicted octanol–water partition coefficient (Wildman–Crippen LogP) is 4.94. The highest BCUT2D eigenvalue weighted by atomic mass is 35.5. The quantitative estimate of drug-likeness (QED) is 0.324. The molecule has 2 aromatic heterocycles. The molecule has 0 aliphatic rings. The third-order valence-corrected chi connectivity index (χ3v) is 6.40. The summed E-state index contributed by atoms with van der Waals surface area (Å²) in [5.41, 5.74) is 0.958. The highest BCUT2D eigenvalue weighted by molar-refractivity contribution is 7.99. The van der Waals surface area contributed by atoms with E-state index in [0.29, 0.717) is 43.0 Å². The number of fused-ring (bicyclic) bond motifs is 2. The molecule has 1 N–H and O–H groups in total. The first-order valence-electron chi connectivity index (χ1n) is 9.13. The van der Waals surface area contributed by atoms with Crippen molar-refractivity contribution >= 4 is 66.9 Å². The van der Waals surface area contributed by atoms with Gasteiger partial charge in [0, 0.05) is 11.6 Å². The molecular formula is C20H16ClFN4O2S2. The zero-order chi connectivity index (χ0) is 21.3. The van der Waals surface area contributed by atoms with Crippen molar-refractivity contribution in [2.24, 2.45) is 0 Å². The molecule has 0 spiro atoms. The molecule has 4 aromatic rings. The molecule has 0 saturated heterocycles. The van der Waals surface area contributed by atoms with E-state index in [4.69, 9.17) is 11.6 Å². The normalized spacial score (nSPS) is 11.3. The standard InChI is InChI=1S/C20H16ClFN4O2S2/c1-2-7-26-18(28)13-5-3-11(21)8-15(13)24-20(26)29-10-17(27)25-19-23-14-6-4-12(22)9-16(14)30-19/h3-6,8-9H,2,7,10H2,1H3,(H,23,25,27). The molecule has 0 radical (unpaired) electrons. The Labute approximate surface area is 184 Å². The minimum atomic E-state index is -0.351. The van der Waals surface area contributed by atoms with E-state index in [2.05, 4.69) is 15.3 Å². The summed E-state index contributed by atoms with van der Waals surface area (Å²) in [6.45, 7) is 2.47. The number of anilines is 1. The summed E-state index contributed by atoms with van der Waals surface area (Å²) in [7, 11) is 0. The van der Waals surface area contributed by atoms with Crippen LogP contribution in [0.15, 0.2) is 46.3 Å². The summed E-state index contributed by atoms with van der Waals surface area (Å²) < 4.78 is 15.6. The number of carbonyl (C=O) groups is 1. The second kappa shape index (κ2) is 8.71. The lowest BCUT2D eigenvalue weighted by Gasteiger charge is -2.12. The maximum atomic E-state index is 13.3. The van der Waals surface area contributed by atoms with Gasteiger partial charge in [-0.2, -0.15) is 0 Å². The van der Waals surface area contributed by atoms with E-state index in [-0.39, 0.29) is 23.0 Å². The van der Waals surface area contributed by atoms with E-state index in [1.165, 1.54) is 35.2 Å². The number of halogens is 2. The van der Waals surface area contributed by atoms with Gasteiger partial charge in [-0.25, -0.2) is 14.4 Å². The van der Waals surface area contributed by atoms with Crippen molar-refractivity contribution in [1.29, 1.82) is 0 Å². The first-order chi connectivity index (χ1) is 14.4. The SMILES string of the molecule is CCCn1c(SCC(=O)Nc2nc3ccc(F)cc3s2)nc2cc(Cl)ccc2c1=O. The number of rotatable bonds is 6. The van der Waals surface area contributed by atoms with Gasteiger partial charge in [0.25, 0.3) is 5.56 Å². The molecule has 0 atom stereocenters. The smallest absolute Gasteiger partial charge is 0.262 e. The van der Waals surface area contributed by atoms with Gasteiger partial charge in [-0.1, -0.05) is 41.6 Å². The van der Waals surface area contributed by atoms with Gasteiger partial charge >= 0.3 is 0 Å². The fraction of sp³-hybridized carbons (Fsp3) is 0.200. The van der Waals surface area contributed by atoms with Crippen LogP contribution in [0.1, 0.15) is 13.3 Å². The van der Waals surface area contributed by atoms with Gasteiger partial charge in [0.2, 0.25) is 5.91 Å². The van der Waals surface area contributed by atoms with Crippen LogP contribution in [0, 0.1) is 5.82 Å². The monoisotopic (exact) mass is 462 g/mol. The van der Waals surface area contributed by atoms with Gasteiger partial charge in [-0.15, -0.1) is 0 Å². The molecule has 1 amide bonds. The van der Waals surface area contributed by atoms with Gasteiger partial charge in [0.1, 0.15) is 5.82 Å². The van der Waals surface area contributed by atoms with Crippen LogP contribution in [0.4, 0.5) is 9.52 Å². The van der Waals surface area contributed by atoms with Crippen molar-refractivity contribution in [3.05, 3.63) is 57.6 Å². The van der Waals surface area contributed by atoms with Gasteiger partial charge in [-0.3, -0.25) is 14.2 Å². The number of thioether (sulfide) groups is 1. The molecule has 0 saturated carbocycles. The number of amides is 1. The molecule has 0 aliphatic carbocycles. The van der Waals surface area contributed by atoms with Crippen LogP contribution in [-0.2, 0) is 11.3 Å². The molecule has 4 rings (SSSR count). The summed E-state index contributed by atoms with van der Waals surface area (Å²) in [6.07, 6.45) is 0.753. The Morgan fingerprint density at radius 3 is 2.87 bits per heavy atom. The zero-order valence-electron chi connectivity index (χ0n) is 15.8. The lowest BCUT2D eigenvalue weighted by Crippen LogP contribution is -2.24. The molecule has 0 aliphatic heterocycles. The number of hydrogen-bond acceptors (Lipinski definition) is 6. The lowest BCUT2D eigenvalue weighted by atomic mass is 10.2. The fourth-order valence-electron chi connectivity index (χ4n) is 2.94. The number of benzene rings is 2. The molecular weight excluding hydrogens is 447 g/mol. The lowest BCUT2D eigenvalue weighted by molar-refractivity contribution is -0.113. The molecule has 0 bridgehead atoms. The van der Waals surface area contributed by atoms with Crippen molar-refractivity contribution in [3.63, 3.8) is 0 Å². The van der Waals surface area contributed by atoms with E-state index >= 15 is 0 Å². The number of aromatic nitrogens is 3. The van der Waals surface area contributed by atoms with E-state index < -0.39 is 0 Å². The van der Waals surface area contributed by atoms with Crippen molar-refractivity contribution in [2.75, 3.05) is 11.1 Å². The minimum Gasteiger partial charge on any atom is -0.301 e. The molecule has 10 heteroatoms. The number of nitrogens with one attached hydrogen (secondary N) is 1. The number of carbonyl (C=O) groups excluding carboxylic acids is 1. The Hall–Kier alpha value is -2.49. The van der Waals surface area contributed by atoms with Crippen molar-refractivity contribution in [1.82, 2.24) is 14.5 Å². The largest absolute Gasteiger partial charge is 0.301 e. The molecule has 0 fully saturated rings. The van der Waals surface area contributed by atoms with Gasteiger partial charge in [0.05, 0.1) is 26.9 Å². The second-order valence-corrected chi connectivity index (χ2v) is 8.89. The van der Waals surface area contributed by atoms with Crippen LogP contribution in [0.3, 0.4) is 0 Å². The van der Waals surface area contributed by atoms with Gasteiger partial charge < -0.3 is 5.32 Å². The predicted molar refractivity (Wildman–Crippen MR) is 120 cm³/mol. The number of thiazole rings is 1. The number of nitrogens with zero attached hydrogens (tertiary/aromatic N) is 3. The van der Waals surface area contributed by atoms with Crippen LogP contribution in [0.25, 0.3) is 21.1 Å². The zero-order valence-corrected chi connectivity index (χ0v) is 18.2. The van der Waals surface area contributed by atoms with Crippen LogP contribution in [-0.4, -0.2) is 26.2 Å². The summed E-state index contributed by atoms with van der Waals surface area (Å²) in [5.74, 6) is -0.592. The fourth-order valence-corrected chi connectivity index (χ4v) is 4.84. The Morgan fingerprint density at radius 1 is 1.23 bits per heavy atom. The van der Waals surface area contributed by atoms with E-state index in [1.807, 2.05) is 6.92 Å². The van der Waals surface area contributed by atoms with E-state index in [9.17, 15) is 14.0 Å². The van der Waals surface area contributed by atoms with E-state index in [1.54, 1.807) is 28.8 Å². The maximum absolute atomic E-state index is 13.3. The van der Waals surface area contributed by atoms with Crippen molar-refractivity contribution in [3.8, 4) is 0 Å². The number of hydrogen-bond donors (Lipinski definition) is 1. The Balaban J connectivity index is 1.54. The van der Waals surface area contributed by atoms with Crippen LogP contribution in [0.2, 0.25) is 5.02 Å². The molecule has 0 unspecified atom stereocenters. The Morgan fingerprint density at radius 2 is 2.07 bits per heavy atom. The van der Waals surface area contributed by atoms with Gasteiger partial charge in [-0.05, 0) is 42.8 Å². The Kier molecular flexibility index (Phi) is 6.03. The Bertz CT molecular complexity index is 1320. The average molecular weight is 463 g/mol. The summed E-state index contributed by atoms with van der Waals surface area (Å²) in [4.78, 5) is 34.1. The van der Waals surface area contributed by atoms with Crippen LogP contribution >= 0.6 is 34.7 Å². The van der Waals surface area contributed by atoms with Crippen molar-refractivity contribution in [2.45, 2.75) is 25.0 Å². The van der Waals surface area contributed by atoms with Crippen molar-refractivity contribution < 1.29 is 9.18 Å². The first-order valence-corrected chi connectivity index (χ1v) is 11.3. The third-order valence-electron chi connectivity index (χ3n) is 4.26. The van der Waals surface area contributed by atoms with Crippen LogP contribution in [0.5, 0.6) is 0 Å². The molecule has 2 aromatic carbocycles. The molecule has 30 heavy (non-hydrogen) atoms. The second-order valence-electron chi connectivity index (χ2n) is 6.48. The topological polar surface area (TPSA) is 76.9 Å². The molecule has 154 valence electrons. The molecule has 2 heterocycles. The van der Waals surface area contributed by atoms with Crippen LogP contribution < -0.4 is 10.9 Å². The highest BCUT2D eigenvalue weighted by Crippen LogP contribution is 2.27. The van der Waals surface area contributed by atoms with Gasteiger partial charge in [0.15, 0.2) is 10.3 Å². The summed E-state index contributed by atoms with van der Waals surface area (Å²) in [5, 5.41) is 4.55. The summed E-state index contributed by atoms with van der Waals surface area (Å²) in [6, 6.07) is 9.24. The maximum Gasteiger partial charge on any atom is 0.262 e. The molecule has 6 nitrogen and oxygen atoms in total. The average Bonchev–Trinajstić information content (AvgIpc) is 3.09. The first kappa shape index (κ1) is 20.8. The summed E-state index contributed by atoms with van der Waals surface area (Å²) >= 11 is 8.41.